The molecule has 2 N–H and O–H groups in total. The zero-order valence-electron chi connectivity index (χ0n) is 13.5. The molecule has 0 aliphatic carbocycles. The smallest absolute Gasteiger partial charge is 0.191 e. The summed E-state index contributed by atoms with van der Waals surface area (Å²) in [6.07, 6.45) is 0. The molecule has 0 atom stereocenters. The standard InChI is InChI=1S/C17H24N4S/c1-18-17(20-11-16-7-8-22-13-16)19-10-14-5-4-6-15(9-14)12-21(2)3/h4-9,13H,10-12H2,1-3H3,(H2,18,19,20). The normalized spacial score (nSPS) is 11.7. The van der Waals surface area contributed by atoms with Crippen LogP contribution in [0.1, 0.15) is 16.7 Å². The summed E-state index contributed by atoms with van der Waals surface area (Å²) in [4.78, 5) is 6.44. The van der Waals surface area contributed by atoms with Crippen molar-refractivity contribution >= 4 is 17.3 Å². The summed E-state index contributed by atoms with van der Waals surface area (Å²) < 4.78 is 0. The van der Waals surface area contributed by atoms with Crippen molar-refractivity contribution in [2.45, 2.75) is 19.6 Å². The van der Waals surface area contributed by atoms with E-state index in [9.17, 15) is 0 Å². The van der Waals surface area contributed by atoms with E-state index < -0.39 is 0 Å². The molecular formula is C17H24N4S. The van der Waals surface area contributed by atoms with Gasteiger partial charge in [-0.05, 0) is 47.6 Å². The fourth-order valence-electron chi connectivity index (χ4n) is 2.19. The number of nitrogens with one attached hydrogen (secondary N) is 2. The molecule has 0 aliphatic rings. The van der Waals surface area contributed by atoms with Gasteiger partial charge in [-0.1, -0.05) is 24.3 Å². The molecule has 0 aliphatic heterocycles. The molecule has 118 valence electrons. The number of nitrogens with zero attached hydrogens (tertiary/aromatic N) is 2. The van der Waals surface area contributed by atoms with Crippen molar-refractivity contribution in [2.24, 2.45) is 4.99 Å². The fraction of sp³-hybridized carbons (Fsp3) is 0.353. The van der Waals surface area contributed by atoms with E-state index in [1.54, 1.807) is 18.4 Å². The lowest BCUT2D eigenvalue weighted by atomic mass is 10.1. The van der Waals surface area contributed by atoms with E-state index in [2.05, 4.69) is 75.7 Å². The van der Waals surface area contributed by atoms with Crippen LogP contribution in [0, 0.1) is 0 Å². The number of hydrogen-bond donors (Lipinski definition) is 2. The van der Waals surface area contributed by atoms with Crippen LogP contribution in [0.15, 0.2) is 46.1 Å². The summed E-state index contributed by atoms with van der Waals surface area (Å²) >= 11 is 1.71. The Labute approximate surface area is 136 Å². The lowest BCUT2D eigenvalue weighted by Gasteiger charge is -2.13. The average molecular weight is 316 g/mol. The molecule has 1 aromatic heterocycles. The summed E-state index contributed by atoms with van der Waals surface area (Å²) in [5, 5.41) is 10.9. The van der Waals surface area contributed by atoms with Crippen LogP contribution in [0.25, 0.3) is 0 Å². The summed E-state index contributed by atoms with van der Waals surface area (Å²) in [7, 11) is 5.97. The predicted molar refractivity (Wildman–Crippen MR) is 95.2 cm³/mol. The van der Waals surface area contributed by atoms with Gasteiger partial charge in [-0.15, -0.1) is 0 Å². The molecular weight excluding hydrogens is 292 g/mol. The van der Waals surface area contributed by atoms with Crippen LogP contribution in [0.3, 0.4) is 0 Å². The lowest BCUT2D eigenvalue weighted by Crippen LogP contribution is -2.36. The van der Waals surface area contributed by atoms with Gasteiger partial charge in [0.2, 0.25) is 0 Å². The molecule has 0 fully saturated rings. The van der Waals surface area contributed by atoms with Crippen LogP contribution in [0.4, 0.5) is 0 Å². The molecule has 5 heteroatoms. The molecule has 2 aromatic rings. The Balaban J connectivity index is 1.85. The van der Waals surface area contributed by atoms with Crippen LogP contribution in [0.2, 0.25) is 0 Å². The van der Waals surface area contributed by atoms with Gasteiger partial charge in [0.05, 0.1) is 0 Å². The van der Waals surface area contributed by atoms with E-state index >= 15 is 0 Å². The number of aliphatic imine (C=N–C) groups is 1. The van der Waals surface area contributed by atoms with E-state index in [0.29, 0.717) is 0 Å². The molecule has 2 rings (SSSR count). The molecule has 0 amide bonds. The van der Waals surface area contributed by atoms with Crippen molar-refractivity contribution in [2.75, 3.05) is 21.1 Å². The Kier molecular flexibility index (Phi) is 6.43. The number of hydrogen-bond acceptors (Lipinski definition) is 3. The van der Waals surface area contributed by atoms with E-state index in [-0.39, 0.29) is 0 Å². The molecule has 0 bridgehead atoms. The highest BCUT2D eigenvalue weighted by Gasteiger charge is 2.01. The van der Waals surface area contributed by atoms with Gasteiger partial charge in [0, 0.05) is 26.7 Å². The largest absolute Gasteiger partial charge is 0.352 e. The highest BCUT2D eigenvalue weighted by molar-refractivity contribution is 7.07. The predicted octanol–water partition coefficient (Wildman–Crippen LogP) is 2.67. The van der Waals surface area contributed by atoms with Crippen LogP contribution >= 0.6 is 11.3 Å². The second-order valence-corrected chi connectivity index (χ2v) is 6.25. The van der Waals surface area contributed by atoms with E-state index in [1.165, 1.54) is 16.7 Å². The topological polar surface area (TPSA) is 39.7 Å². The molecule has 1 heterocycles. The first kappa shape index (κ1) is 16.5. The summed E-state index contributed by atoms with van der Waals surface area (Å²) in [5.41, 5.74) is 3.87. The van der Waals surface area contributed by atoms with Crippen molar-refractivity contribution in [3.8, 4) is 0 Å². The quantitative estimate of drug-likeness (QED) is 0.636. The van der Waals surface area contributed by atoms with Crippen molar-refractivity contribution in [1.82, 2.24) is 15.5 Å². The van der Waals surface area contributed by atoms with Crippen LogP contribution < -0.4 is 10.6 Å². The molecule has 1 aromatic carbocycles. The minimum Gasteiger partial charge on any atom is -0.352 e. The van der Waals surface area contributed by atoms with Crippen molar-refractivity contribution in [1.29, 1.82) is 0 Å². The average Bonchev–Trinajstić information content (AvgIpc) is 3.00. The van der Waals surface area contributed by atoms with E-state index in [0.717, 1.165) is 25.6 Å². The van der Waals surface area contributed by atoms with Gasteiger partial charge in [-0.3, -0.25) is 4.99 Å². The minimum absolute atomic E-state index is 0.768. The van der Waals surface area contributed by atoms with Gasteiger partial charge in [-0.2, -0.15) is 11.3 Å². The number of rotatable bonds is 6. The minimum atomic E-state index is 0.768. The zero-order valence-corrected chi connectivity index (χ0v) is 14.3. The number of benzene rings is 1. The van der Waals surface area contributed by atoms with E-state index in [1.807, 2.05) is 0 Å². The molecule has 4 nitrogen and oxygen atoms in total. The molecule has 22 heavy (non-hydrogen) atoms. The first-order valence-corrected chi connectivity index (χ1v) is 8.30. The van der Waals surface area contributed by atoms with Gasteiger partial charge in [-0.25, -0.2) is 0 Å². The van der Waals surface area contributed by atoms with Crippen LogP contribution in [-0.4, -0.2) is 32.0 Å². The molecule has 0 spiro atoms. The Bertz CT molecular complexity index is 590. The number of guanidine groups is 1. The third-order valence-electron chi connectivity index (χ3n) is 3.21. The lowest BCUT2D eigenvalue weighted by molar-refractivity contribution is 0.402. The van der Waals surface area contributed by atoms with Gasteiger partial charge in [0.15, 0.2) is 5.96 Å². The molecule has 0 saturated carbocycles. The second kappa shape index (κ2) is 8.56. The third-order valence-corrected chi connectivity index (χ3v) is 3.95. The monoisotopic (exact) mass is 316 g/mol. The Hall–Kier alpha value is -1.85. The van der Waals surface area contributed by atoms with Gasteiger partial charge in [0.25, 0.3) is 0 Å². The highest BCUT2D eigenvalue weighted by atomic mass is 32.1. The first-order chi connectivity index (χ1) is 10.7. The maximum Gasteiger partial charge on any atom is 0.191 e. The summed E-state index contributed by atoms with van der Waals surface area (Å²) in [5.74, 6) is 0.823. The highest BCUT2D eigenvalue weighted by Crippen LogP contribution is 2.07. The van der Waals surface area contributed by atoms with Crippen molar-refractivity contribution < 1.29 is 0 Å². The molecule has 0 saturated heterocycles. The second-order valence-electron chi connectivity index (χ2n) is 5.47. The third kappa shape index (κ3) is 5.50. The van der Waals surface area contributed by atoms with Gasteiger partial charge >= 0.3 is 0 Å². The van der Waals surface area contributed by atoms with Crippen LogP contribution in [0.5, 0.6) is 0 Å². The number of thiophene rings is 1. The van der Waals surface area contributed by atoms with Crippen molar-refractivity contribution in [3.05, 3.63) is 57.8 Å². The molecule has 0 radical (unpaired) electrons. The summed E-state index contributed by atoms with van der Waals surface area (Å²) in [6.45, 7) is 2.52. The van der Waals surface area contributed by atoms with Crippen molar-refractivity contribution in [3.63, 3.8) is 0 Å². The first-order valence-electron chi connectivity index (χ1n) is 7.35. The fourth-order valence-corrected chi connectivity index (χ4v) is 2.86. The SMILES string of the molecule is CN=C(NCc1ccsc1)NCc1cccc(CN(C)C)c1. The zero-order chi connectivity index (χ0) is 15.8. The maximum absolute atomic E-state index is 4.26. The van der Waals surface area contributed by atoms with Gasteiger partial charge < -0.3 is 15.5 Å². The Morgan fingerprint density at radius 1 is 1.09 bits per heavy atom. The van der Waals surface area contributed by atoms with Crippen LogP contribution in [-0.2, 0) is 19.6 Å². The Morgan fingerprint density at radius 2 is 1.82 bits per heavy atom. The maximum atomic E-state index is 4.26. The molecule has 0 unspecified atom stereocenters. The summed E-state index contributed by atoms with van der Waals surface area (Å²) in [6, 6.07) is 10.8. The van der Waals surface area contributed by atoms with E-state index in [4.69, 9.17) is 0 Å². The van der Waals surface area contributed by atoms with Gasteiger partial charge in [0.1, 0.15) is 0 Å². The Morgan fingerprint density at radius 3 is 2.45 bits per heavy atom.